The maximum atomic E-state index is 12.1. The van der Waals surface area contributed by atoms with Gasteiger partial charge >= 0.3 is 0 Å². The number of nitrogens with two attached hydrogens (primary N) is 1. The van der Waals surface area contributed by atoms with Gasteiger partial charge in [0.05, 0.1) is 23.2 Å². The summed E-state index contributed by atoms with van der Waals surface area (Å²) in [5.74, 6) is 0.456. The van der Waals surface area contributed by atoms with Gasteiger partial charge in [-0.05, 0) is 24.3 Å². The monoisotopic (exact) mass is 308 g/mol. The highest BCUT2D eigenvalue weighted by atomic mass is 79.9. The summed E-state index contributed by atoms with van der Waals surface area (Å²) in [7, 11) is 0. The molecule has 0 aliphatic heterocycles. The third kappa shape index (κ3) is 2.56. The van der Waals surface area contributed by atoms with E-state index in [1.54, 1.807) is 18.2 Å². The minimum Gasteiger partial charge on any atom is -0.469 e. The predicted molar refractivity (Wildman–Crippen MR) is 74.6 cm³/mol. The summed E-state index contributed by atoms with van der Waals surface area (Å²) in [5.41, 5.74) is 7.47. The molecule has 0 atom stereocenters. The Morgan fingerprint density at radius 3 is 2.89 bits per heavy atom. The molecule has 18 heavy (non-hydrogen) atoms. The fourth-order valence-electron chi connectivity index (χ4n) is 1.65. The van der Waals surface area contributed by atoms with Crippen molar-refractivity contribution in [3.63, 3.8) is 0 Å². The van der Waals surface area contributed by atoms with E-state index in [1.165, 1.54) is 6.26 Å². The molecule has 0 fully saturated rings. The van der Waals surface area contributed by atoms with Crippen molar-refractivity contribution in [2.75, 3.05) is 11.1 Å². The number of carbonyl (C=O) groups excluding carboxylic acids is 1. The van der Waals surface area contributed by atoms with Crippen LogP contribution in [0.4, 0.5) is 11.4 Å². The number of amides is 1. The SMILES string of the molecule is CCc1occc1C(=O)Nc1ccc(Br)cc1N. The first-order chi connectivity index (χ1) is 8.61. The molecule has 1 aromatic carbocycles. The average Bonchev–Trinajstić information content (AvgIpc) is 2.81. The molecule has 1 amide bonds. The second-order valence-electron chi connectivity index (χ2n) is 3.80. The van der Waals surface area contributed by atoms with E-state index in [4.69, 9.17) is 10.2 Å². The lowest BCUT2D eigenvalue weighted by atomic mass is 10.2. The number of rotatable bonds is 3. The number of carbonyl (C=O) groups is 1. The maximum Gasteiger partial charge on any atom is 0.259 e. The fraction of sp³-hybridized carbons (Fsp3) is 0.154. The molecule has 4 nitrogen and oxygen atoms in total. The molecule has 5 heteroatoms. The van der Waals surface area contributed by atoms with Gasteiger partial charge in [0.2, 0.25) is 0 Å². The van der Waals surface area contributed by atoms with Crippen molar-refractivity contribution in [2.24, 2.45) is 0 Å². The molecule has 0 aliphatic rings. The van der Waals surface area contributed by atoms with Crippen molar-refractivity contribution in [3.8, 4) is 0 Å². The van der Waals surface area contributed by atoms with Gasteiger partial charge in [0.1, 0.15) is 5.76 Å². The Morgan fingerprint density at radius 1 is 1.44 bits per heavy atom. The quantitative estimate of drug-likeness (QED) is 0.853. The molecule has 0 spiro atoms. The van der Waals surface area contributed by atoms with Crippen LogP contribution in [0.25, 0.3) is 0 Å². The normalized spacial score (nSPS) is 10.3. The van der Waals surface area contributed by atoms with Gasteiger partial charge in [-0.2, -0.15) is 0 Å². The third-order valence-electron chi connectivity index (χ3n) is 2.57. The molecule has 2 aromatic rings. The van der Waals surface area contributed by atoms with Crippen LogP contribution in [-0.2, 0) is 6.42 Å². The van der Waals surface area contributed by atoms with Gasteiger partial charge in [0, 0.05) is 10.9 Å². The van der Waals surface area contributed by atoms with E-state index < -0.39 is 0 Å². The van der Waals surface area contributed by atoms with Gasteiger partial charge in [0.25, 0.3) is 5.91 Å². The molecular formula is C13H13BrN2O2. The molecule has 3 N–H and O–H groups in total. The number of benzene rings is 1. The molecule has 2 rings (SSSR count). The van der Waals surface area contributed by atoms with E-state index in [2.05, 4.69) is 21.2 Å². The Balaban J connectivity index is 2.21. The number of halogens is 1. The van der Waals surface area contributed by atoms with Crippen LogP contribution in [0.15, 0.2) is 39.4 Å². The number of aryl methyl sites for hydroxylation is 1. The van der Waals surface area contributed by atoms with E-state index in [0.717, 1.165) is 4.47 Å². The van der Waals surface area contributed by atoms with Crippen molar-refractivity contribution in [1.82, 2.24) is 0 Å². The van der Waals surface area contributed by atoms with Gasteiger partial charge in [0.15, 0.2) is 0 Å². The first-order valence-corrected chi connectivity index (χ1v) is 6.34. The number of nitrogen functional groups attached to an aromatic ring is 1. The van der Waals surface area contributed by atoms with Crippen molar-refractivity contribution in [3.05, 3.63) is 46.3 Å². The second-order valence-corrected chi connectivity index (χ2v) is 4.71. The van der Waals surface area contributed by atoms with Crippen LogP contribution in [0, 0.1) is 0 Å². The highest BCUT2D eigenvalue weighted by Crippen LogP contribution is 2.24. The summed E-state index contributed by atoms with van der Waals surface area (Å²) in [6.07, 6.45) is 2.18. The van der Waals surface area contributed by atoms with Crippen molar-refractivity contribution in [2.45, 2.75) is 13.3 Å². The third-order valence-corrected chi connectivity index (χ3v) is 3.07. The highest BCUT2D eigenvalue weighted by Gasteiger charge is 2.14. The van der Waals surface area contributed by atoms with Crippen LogP contribution in [-0.4, -0.2) is 5.91 Å². The predicted octanol–water partition coefficient (Wildman–Crippen LogP) is 3.44. The molecule has 94 valence electrons. The van der Waals surface area contributed by atoms with Crippen LogP contribution >= 0.6 is 15.9 Å². The molecule has 1 heterocycles. The summed E-state index contributed by atoms with van der Waals surface area (Å²) in [5, 5.41) is 2.77. The van der Waals surface area contributed by atoms with E-state index in [0.29, 0.717) is 29.1 Å². The smallest absolute Gasteiger partial charge is 0.259 e. The molecule has 0 radical (unpaired) electrons. The first-order valence-electron chi connectivity index (χ1n) is 5.54. The molecule has 0 bridgehead atoms. The Labute approximate surface area is 113 Å². The minimum atomic E-state index is -0.213. The molecular weight excluding hydrogens is 296 g/mol. The van der Waals surface area contributed by atoms with Crippen LogP contribution in [0.1, 0.15) is 23.0 Å². The van der Waals surface area contributed by atoms with Gasteiger partial charge in [-0.25, -0.2) is 0 Å². The van der Waals surface area contributed by atoms with Crippen LogP contribution in [0.3, 0.4) is 0 Å². The first kappa shape index (κ1) is 12.7. The lowest BCUT2D eigenvalue weighted by molar-refractivity contribution is 0.102. The van der Waals surface area contributed by atoms with E-state index in [9.17, 15) is 4.79 Å². The number of anilines is 2. The van der Waals surface area contributed by atoms with Gasteiger partial charge in [-0.3, -0.25) is 4.79 Å². The summed E-state index contributed by atoms with van der Waals surface area (Å²) in [4.78, 5) is 12.1. The highest BCUT2D eigenvalue weighted by molar-refractivity contribution is 9.10. The van der Waals surface area contributed by atoms with Gasteiger partial charge < -0.3 is 15.5 Å². The second kappa shape index (κ2) is 5.27. The average molecular weight is 309 g/mol. The van der Waals surface area contributed by atoms with Crippen molar-refractivity contribution in [1.29, 1.82) is 0 Å². The molecule has 1 aromatic heterocycles. The summed E-state index contributed by atoms with van der Waals surface area (Å²) in [6.45, 7) is 1.93. The Kier molecular flexibility index (Phi) is 3.72. The molecule has 0 unspecified atom stereocenters. The number of furan rings is 1. The Hall–Kier alpha value is -1.75. The number of hydrogen-bond donors (Lipinski definition) is 2. The van der Waals surface area contributed by atoms with Crippen LogP contribution in [0.2, 0.25) is 0 Å². The lowest BCUT2D eigenvalue weighted by Crippen LogP contribution is -2.13. The Morgan fingerprint density at radius 2 is 2.22 bits per heavy atom. The summed E-state index contributed by atoms with van der Waals surface area (Å²) < 4.78 is 6.09. The van der Waals surface area contributed by atoms with Crippen molar-refractivity contribution < 1.29 is 9.21 Å². The zero-order valence-electron chi connectivity index (χ0n) is 9.87. The van der Waals surface area contributed by atoms with Crippen LogP contribution < -0.4 is 11.1 Å². The zero-order chi connectivity index (χ0) is 13.1. The van der Waals surface area contributed by atoms with E-state index in [1.807, 2.05) is 13.0 Å². The van der Waals surface area contributed by atoms with E-state index in [-0.39, 0.29) is 5.91 Å². The standard InChI is InChI=1S/C13H13BrN2O2/c1-2-12-9(5-6-18-12)13(17)16-11-4-3-8(14)7-10(11)15/h3-7H,2,15H2,1H3,(H,16,17). The number of hydrogen-bond acceptors (Lipinski definition) is 3. The largest absolute Gasteiger partial charge is 0.469 e. The number of nitrogens with one attached hydrogen (secondary N) is 1. The van der Waals surface area contributed by atoms with Gasteiger partial charge in [-0.1, -0.05) is 22.9 Å². The Bertz CT molecular complexity index is 578. The lowest BCUT2D eigenvalue weighted by Gasteiger charge is -2.08. The van der Waals surface area contributed by atoms with Crippen LogP contribution in [0.5, 0.6) is 0 Å². The summed E-state index contributed by atoms with van der Waals surface area (Å²) in [6, 6.07) is 6.97. The van der Waals surface area contributed by atoms with Crippen molar-refractivity contribution >= 4 is 33.2 Å². The minimum absolute atomic E-state index is 0.213. The van der Waals surface area contributed by atoms with E-state index >= 15 is 0 Å². The molecule has 0 saturated heterocycles. The van der Waals surface area contributed by atoms with Gasteiger partial charge in [-0.15, -0.1) is 0 Å². The topological polar surface area (TPSA) is 68.3 Å². The fourth-order valence-corrected chi connectivity index (χ4v) is 2.03. The zero-order valence-corrected chi connectivity index (χ0v) is 11.5. The maximum absolute atomic E-state index is 12.1. The summed E-state index contributed by atoms with van der Waals surface area (Å²) >= 11 is 3.32. The molecule has 0 saturated carbocycles. The molecule has 0 aliphatic carbocycles.